The van der Waals surface area contributed by atoms with E-state index >= 15 is 0 Å². The van der Waals surface area contributed by atoms with E-state index in [0.717, 1.165) is 31.6 Å². The minimum Gasteiger partial charge on any atom is -0.399 e. The van der Waals surface area contributed by atoms with Crippen LogP contribution in [0.15, 0.2) is 18.2 Å². The van der Waals surface area contributed by atoms with Crippen LogP contribution in [0.5, 0.6) is 0 Å². The summed E-state index contributed by atoms with van der Waals surface area (Å²) in [6.07, 6.45) is 0. The van der Waals surface area contributed by atoms with Crippen LogP contribution < -0.4 is 15.7 Å². The molecule has 0 aromatic heterocycles. The number of nitrogens with zero attached hydrogens (tertiary/aromatic N) is 1. The van der Waals surface area contributed by atoms with Gasteiger partial charge in [0.1, 0.15) is 0 Å². The number of hydrogen-bond acceptors (Lipinski definition) is 4. The fourth-order valence-corrected chi connectivity index (χ4v) is 3.06. The molecule has 2 saturated heterocycles. The number of rotatable bonds is 2. The van der Waals surface area contributed by atoms with Crippen molar-refractivity contribution in [2.45, 2.75) is 45.8 Å². The molecule has 2 aliphatic rings. The lowest BCUT2D eigenvalue weighted by Gasteiger charge is -2.32. The van der Waals surface area contributed by atoms with Gasteiger partial charge >= 0.3 is 7.12 Å². The van der Waals surface area contributed by atoms with Crippen molar-refractivity contribution in [1.29, 1.82) is 0 Å². The summed E-state index contributed by atoms with van der Waals surface area (Å²) in [5, 5.41) is 3.40. The molecule has 0 spiro atoms. The monoisotopic (exact) mass is 302 g/mol. The van der Waals surface area contributed by atoms with E-state index in [9.17, 15) is 0 Å². The van der Waals surface area contributed by atoms with Crippen LogP contribution in [0.4, 0.5) is 5.69 Å². The van der Waals surface area contributed by atoms with Crippen LogP contribution in [-0.2, 0) is 9.31 Å². The van der Waals surface area contributed by atoms with Crippen LogP contribution in [0.25, 0.3) is 0 Å². The third-order valence-corrected chi connectivity index (χ3v) is 5.20. The number of aryl methyl sites for hydroxylation is 1. The largest absolute Gasteiger partial charge is 0.494 e. The van der Waals surface area contributed by atoms with Crippen LogP contribution in [-0.4, -0.2) is 44.5 Å². The zero-order valence-electron chi connectivity index (χ0n) is 14.4. The molecule has 0 atom stereocenters. The third-order valence-electron chi connectivity index (χ3n) is 5.20. The Bertz CT molecular complexity index is 538. The highest BCUT2D eigenvalue weighted by atomic mass is 16.7. The molecule has 0 saturated carbocycles. The number of anilines is 1. The van der Waals surface area contributed by atoms with Crippen LogP contribution in [0.1, 0.15) is 33.3 Å². The summed E-state index contributed by atoms with van der Waals surface area (Å²) in [7, 11) is -0.277. The average molecular weight is 302 g/mol. The second-order valence-corrected chi connectivity index (χ2v) is 7.37. The molecule has 1 aromatic carbocycles. The molecule has 0 aliphatic carbocycles. The summed E-state index contributed by atoms with van der Waals surface area (Å²) < 4.78 is 12.3. The van der Waals surface area contributed by atoms with Gasteiger partial charge in [0.05, 0.1) is 11.2 Å². The van der Waals surface area contributed by atoms with Gasteiger partial charge in [-0.2, -0.15) is 0 Å². The van der Waals surface area contributed by atoms with Crippen molar-refractivity contribution in [2.24, 2.45) is 0 Å². The molecule has 0 amide bonds. The first kappa shape index (κ1) is 15.8. The van der Waals surface area contributed by atoms with Gasteiger partial charge in [0.2, 0.25) is 0 Å². The van der Waals surface area contributed by atoms with E-state index in [2.05, 4.69) is 63.0 Å². The van der Waals surface area contributed by atoms with Crippen LogP contribution in [0.3, 0.4) is 0 Å². The Morgan fingerprint density at radius 2 is 1.64 bits per heavy atom. The number of hydrogen-bond donors (Lipinski definition) is 1. The van der Waals surface area contributed by atoms with E-state index in [1.54, 1.807) is 0 Å². The highest BCUT2D eigenvalue weighted by molar-refractivity contribution is 6.62. The Morgan fingerprint density at radius 1 is 1.05 bits per heavy atom. The first-order valence-corrected chi connectivity index (χ1v) is 8.22. The van der Waals surface area contributed by atoms with Gasteiger partial charge in [-0.15, -0.1) is 0 Å². The van der Waals surface area contributed by atoms with Crippen molar-refractivity contribution in [3.05, 3.63) is 23.8 Å². The second-order valence-electron chi connectivity index (χ2n) is 7.37. The predicted molar refractivity (Wildman–Crippen MR) is 92.0 cm³/mol. The Labute approximate surface area is 134 Å². The molecule has 0 unspecified atom stereocenters. The van der Waals surface area contributed by atoms with Gasteiger partial charge in [0, 0.05) is 31.9 Å². The van der Waals surface area contributed by atoms with Crippen LogP contribution in [0.2, 0.25) is 0 Å². The van der Waals surface area contributed by atoms with Crippen molar-refractivity contribution in [3.8, 4) is 0 Å². The van der Waals surface area contributed by atoms with Crippen molar-refractivity contribution in [2.75, 3.05) is 31.1 Å². The maximum Gasteiger partial charge on any atom is 0.494 e. The molecule has 3 rings (SSSR count). The molecule has 2 heterocycles. The van der Waals surface area contributed by atoms with Crippen molar-refractivity contribution in [3.63, 3.8) is 0 Å². The van der Waals surface area contributed by atoms with Crippen molar-refractivity contribution in [1.82, 2.24) is 5.32 Å². The molecule has 1 N–H and O–H groups in total. The second kappa shape index (κ2) is 5.55. The lowest BCUT2D eigenvalue weighted by atomic mass is 9.78. The van der Waals surface area contributed by atoms with Crippen LogP contribution >= 0.6 is 0 Å². The lowest BCUT2D eigenvalue weighted by molar-refractivity contribution is 0.00578. The molecular formula is C17H27BN2O2. The average Bonchev–Trinajstić information content (AvgIpc) is 2.68. The number of nitrogens with one attached hydrogen (secondary N) is 1. The topological polar surface area (TPSA) is 33.7 Å². The molecule has 0 bridgehead atoms. The molecule has 22 heavy (non-hydrogen) atoms. The Morgan fingerprint density at radius 3 is 2.18 bits per heavy atom. The van der Waals surface area contributed by atoms with Gasteiger partial charge in [-0.3, -0.25) is 0 Å². The predicted octanol–water partition coefficient (Wildman–Crippen LogP) is 1.70. The standard InChI is InChI=1S/C17H27BN2O2/c1-13-12-14(18-21-16(2,3)17(4,5)22-18)6-7-15(13)20-10-8-19-9-11-20/h6-7,12,19H,8-11H2,1-5H3. The summed E-state index contributed by atoms with van der Waals surface area (Å²) in [6, 6.07) is 6.56. The summed E-state index contributed by atoms with van der Waals surface area (Å²) in [6.45, 7) is 14.8. The fraction of sp³-hybridized carbons (Fsp3) is 0.647. The summed E-state index contributed by atoms with van der Waals surface area (Å²) >= 11 is 0. The molecule has 1 aromatic rings. The number of benzene rings is 1. The maximum atomic E-state index is 6.14. The zero-order chi connectivity index (χ0) is 16.0. The molecule has 4 nitrogen and oxygen atoms in total. The van der Waals surface area contributed by atoms with E-state index in [-0.39, 0.29) is 18.3 Å². The zero-order valence-corrected chi connectivity index (χ0v) is 14.4. The maximum absolute atomic E-state index is 6.14. The van der Waals surface area contributed by atoms with E-state index in [4.69, 9.17) is 9.31 Å². The molecule has 0 radical (unpaired) electrons. The van der Waals surface area contributed by atoms with E-state index in [1.165, 1.54) is 11.3 Å². The minimum absolute atomic E-state index is 0.277. The van der Waals surface area contributed by atoms with Gasteiger partial charge in [0.25, 0.3) is 0 Å². The Kier molecular flexibility index (Phi) is 4.00. The van der Waals surface area contributed by atoms with E-state index in [0.29, 0.717) is 0 Å². The first-order chi connectivity index (χ1) is 10.3. The SMILES string of the molecule is Cc1cc(B2OC(C)(C)C(C)(C)O2)ccc1N1CCNCC1. The Balaban J connectivity index is 1.81. The molecule has 5 heteroatoms. The van der Waals surface area contributed by atoms with Crippen LogP contribution in [0, 0.1) is 6.92 Å². The molecule has 2 aliphatic heterocycles. The summed E-state index contributed by atoms with van der Waals surface area (Å²) in [5.41, 5.74) is 3.14. The van der Waals surface area contributed by atoms with Gasteiger partial charge in [-0.1, -0.05) is 12.1 Å². The van der Waals surface area contributed by atoms with E-state index < -0.39 is 0 Å². The van der Waals surface area contributed by atoms with Crippen molar-refractivity contribution < 1.29 is 9.31 Å². The third kappa shape index (κ3) is 2.77. The van der Waals surface area contributed by atoms with Gasteiger partial charge in [-0.25, -0.2) is 0 Å². The van der Waals surface area contributed by atoms with Gasteiger partial charge < -0.3 is 19.5 Å². The Hall–Kier alpha value is -1.04. The normalized spacial score (nSPS) is 23.9. The first-order valence-electron chi connectivity index (χ1n) is 8.22. The highest BCUT2D eigenvalue weighted by Gasteiger charge is 2.51. The van der Waals surface area contributed by atoms with Gasteiger partial charge in [0.15, 0.2) is 0 Å². The van der Waals surface area contributed by atoms with Crippen molar-refractivity contribution >= 4 is 18.3 Å². The minimum atomic E-state index is -0.289. The highest BCUT2D eigenvalue weighted by Crippen LogP contribution is 2.36. The lowest BCUT2D eigenvalue weighted by Crippen LogP contribution is -2.44. The molecule has 120 valence electrons. The molecule has 2 fully saturated rings. The number of piperazine rings is 1. The van der Waals surface area contributed by atoms with E-state index in [1.807, 2.05) is 0 Å². The summed E-state index contributed by atoms with van der Waals surface area (Å²) in [5.74, 6) is 0. The smallest absolute Gasteiger partial charge is 0.399 e. The molecular weight excluding hydrogens is 275 g/mol. The summed E-state index contributed by atoms with van der Waals surface area (Å²) in [4.78, 5) is 2.44. The fourth-order valence-electron chi connectivity index (χ4n) is 3.06. The van der Waals surface area contributed by atoms with Gasteiger partial charge in [-0.05, 0) is 51.7 Å². The quantitative estimate of drug-likeness (QED) is 0.843.